The van der Waals surface area contributed by atoms with Crippen LogP contribution in [0.2, 0.25) is 5.02 Å². The first-order valence-electron chi connectivity index (χ1n) is 10.2. The van der Waals surface area contributed by atoms with E-state index in [1.54, 1.807) is 29.2 Å². The van der Waals surface area contributed by atoms with Crippen LogP contribution < -0.4 is 4.74 Å². The minimum atomic E-state index is -4.87. The second kappa shape index (κ2) is 9.18. The van der Waals surface area contributed by atoms with Crippen molar-refractivity contribution in [2.45, 2.75) is 12.2 Å². The van der Waals surface area contributed by atoms with Gasteiger partial charge in [-0.25, -0.2) is 4.39 Å². The minimum Gasteiger partial charge on any atom is -0.454 e. The van der Waals surface area contributed by atoms with E-state index in [-0.39, 0.29) is 36.4 Å². The van der Waals surface area contributed by atoms with Gasteiger partial charge in [-0.05, 0) is 36.4 Å². The van der Waals surface area contributed by atoms with E-state index in [2.05, 4.69) is 0 Å². The second-order valence-corrected chi connectivity index (χ2v) is 8.33. The van der Waals surface area contributed by atoms with E-state index in [4.69, 9.17) is 16.3 Å². The van der Waals surface area contributed by atoms with E-state index < -0.39 is 17.9 Å². The van der Waals surface area contributed by atoms with Crippen molar-refractivity contribution in [3.05, 3.63) is 58.9 Å². The monoisotopic (exact) mass is 485 g/mol. The molecule has 2 aromatic carbocycles. The first-order valence-corrected chi connectivity index (χ1v) is 10.6. The molecule has 4 rings (SSSR count). The Hall–Kier alpha value is -2.85. The number of amides is 2. The number of hydrogen-bond donors (Lipinski definition) is 0. The summed E-state index contributed by atoms with van der Waals surface area (Å²) in [5.74, 6) is -2.53. The van der Waals surface area contributed by atoms with Crippen molar-refractivity contribution in [2.24, 2.45) is 0 Å². The van der Waals surface area contributed by atoms with Crippen LogP contribution in [0.15, 0.2) is 42.5 Å². The molecular formula is C22H20ClF4N3O3. The van der Waals surface area contributed by atoms with Gasteiger partial charge in [0.05, 0.1) is 0 Å². The molecule has 6 nitrogen and oxygen atoms in total. The summed E-state index contributed by atoms with van der Waals surface area (Å²) in [5.41, 5.74) is 0.171. The van der Waals surface area contributed by atoms with E-state index in [9.17, 15) is 27.2 Å². The van der Waals surface area contributed by atoms with Gasteiger partial charge in [0.1, 0.15) is 5.75 Å². The molecule has 2 aliphatic heterocycles. The van der Waals surface area contributed by atoms with Gasteiger partial charge < -0.3 is 14.5 Å². The number of hydrogen-bond acceptors (Lipinski definition) is 4. The summed E-state index contributed by atoms with van der Waals surface area (Å²) in [6.45, 7) is 1.35. The molecule has 0 unspecified atom stereocenters. The third kappa shape index (κ3) is 5.22. The molecule has 0 radical (unpaired) electrons. The molecule has 0 saturated carbocycles. The maximum absolute atomic E-state index is 14.5. The van der Waals surface area contributed by atoms with Crippen LogP contribution in [-0.2, 0) is 4.79 Å². The number of carbonyl (C=O) groups is 2. The Morgan fingerprint density at radius 1 is 0.970 bits per heavy atom. The lowest BCUT2D eigenvalue weighted by Crippen LogP contribution is -2.65. The van der Waals surface area contributed by atoms with Gasteiger partial charge >= 0.3 is 12.1 Å². The number of nitrogens with zero attached hydrogens (tertiary/aromatic N) is 3. The van der Waals surface area contributed by atoms with E-state index in [0.717, 1.165) is 11.0 Å². The van der Waals surface area contributed by atoms with E-state index >= 15 is 0 Å². The molecule has 2 aliphatic rings. The van der Waals surface area contributed by atoms with Crippen LogP contribution in [-0.4, -0.2) is 78.0 Å². The van der Waals surface area contributed by atoms with E-state index in [0.29, 0.717) is 37.0 Å². The number of piperazine rings is 1. The lowest BCUT2D eigenvalue weighted by Gasteiger charge is -2.48. The predicted molar refractivity (Wildman–Crippen MR) is 112 cm³/mol. The van der Waals surface area contributed by atoms with Gasteiger partial charge in [0.25, 0.3) is 5.91 Å². The summed E-state index contributed by atoms with van der Waals surface area (Å²) in [6, 6.07) is 10.4. The molecule has 0 atom stereocenters. The van der Waals surface area contributed by atoms with Crippen molar-refractivity contribution in [3.63, 3.8) is 0 Å². The summed E-state index contributed by atoms with van der Waals surface area (Å²) >= 11 is 5.89. The fraction of sp³-hybridized carbons (Fsp3) is 0.364. The number of alkyl halides is 3. The zero-order valence-electron chi connectivity index (χ0n) is 17.3. The van der Waals surface area contributed by atoms with Crippen molar-refractivity contribution in [1.82, 2.24) is 14.7 Å². The third-order valence-electron chi connectivity index (χ3n) is 5.71. The van der Waals surface area contributed by atoms with Crippen molar-refractivity contribution in [3.8, 4) is 11.5 Å². The van der Waals surface area contributed by atoms with Crippen LogP contribution in [0.4, 0.5) is 17.6 Å². The highest BCUT2D eigenvalue weighted by molar-refractivity contribution is 6.30. The predicted octanol–water partition coefficient (Wildman–Crippen LogP) is 3.80. The zero-order chi connectivity index (χ0) is 23.8. The summed E-state index contributed by atoms with van der Waals surface area (Å²) in [7, 11) is 0. The Labute approximate surface area is 192 Å². The first-order chi connectivity index (χ1) is 15.6. The smallest absolute Gasteiger partial charge is 0.454 e. The van der Waals surface area contributed by atoms with Gasteiger partial charge in [0.2, 0.25) is 0 Å². The number of rotatable bonds is 4. The molecule has 2 fully saturated rings. The molecule has 0 bridgehead atoms. The van der Waals surface area contributed by atoms with Crippen LogP contribution in [0.25, 0.3) is 0 Å². The Bertz CT molecular complexity index is 1050. The average Bonchev–Trinajstić information content (AvgIpc) is 2.73. The number of benzene rings is 2. The minimum absolute atomic E-state index is 0.00706. The van der Waals surface area contributed by atoms with Gasteiger partial charge in [-0.15, -0.1) is 0 Å². The normalized spacial score (nSPS) is 17.6. The molecule has 0 spiro atoms. The lowest BCUT2D eigenvalue weighted by atomic mass is 10.0. The fourth-order valence-corrected chi connectivity index (χ4v) is 4.06. The second-order valence-electron chi connectivity index (χ2n) is 7.89. The molecular weight excluding hydrogens is 466 g/mol. The molecule has 0 aliphatic carbocycles. The van der Waals surface area contributed by atoms with Crippen molar-refractivity contribution >= 4 is 23.4 Å². The molecule has 2 heterocycles. The van der Waals surface area contributed by atoms with Gasteiger partial charge in [-0.1, -0.05) is 17.7 Å². The van der Waals surface area contributed by atoms with E-state index in [1.807, 2.05) is 4.90 Å². The first kappa shape index (κ1) is 23.3. The molecule has 0 N–H and O–H groups in total. The van der Waals surface area contributed by atoms with Crippen molar-refractivity contribution < 1.29 is 31.9 Å². The Kier molecular flexibility index (Phi) is 6.49. The van der Waals surface area contributed by atoms with Gasteiger partial charge in [-0.2, -0.15) is 13.2 Å². The SMILES string of the molecule is O=C(c1ccc(Oc2cccc(Cl)c2)c(F)c1)N1CC(N2CCN(C(=O)C(F)(F)F)CC2)C1. The summed E-state index contributed by atoms with van der Waals surface area (Å²) in [4.78, 5) is 28.3. The van der Waals surface area contributed by atoms with Gasteiger partial charge in [0.15, 0.2) is 11.6 Å². The summed E-state index contributed by atoms with van der Waals surface area (Å²) in [5, 5.41) is 0.445. The maximum atomic E-state index is 14.5. The highest BCUT2D eigenvalue weighted by Crippen LogP contribution is 2.28. The molecule has 11 heteroatoms. The lowest BCUT2D eigenvalue weighted by molar-refractivity contribution is -0.187. The van der Waals surface area contributed by atoms with Crippen LogP contribution in [0.1, 0.15) is 10.4 Å². The molecule has 2 saturated heterocycles. The number of ether oxygens (including phenoxy) is 1. The maximum Gasteiger partial charge on any atom is 0.471 e. The zero-order valence-corrected chi connectivity index (χ0v) is 18.1. The number of likely N-dealkylation sites (tertiary alicyclic amines) is 1. The topological polar surface area (TPSA) is 53.1 Å². The molecule has 33 heavy (non-hydrogen) atoms. The Balaban J connectivity index is 1.29. The van der Waals surface area contributed by atoms with Crippen LogP contribution in [0, 0.1) is 5.82 Å². The number of carbonyl (C=O) groups excluding carboxylic acids is 2. The van der Waals surface area contributed by atoms with E-state index in [1.165, 1.54) is 12.1 Å². The number of halogens is 5. The largest absolute Gasteiger partial charge is 0.471 e. The van der Waals surface area contributed by atoms with Crippen LogP contribution >= 0.6 is 11.6 Å². The Morgan fingerprint density at radius 3 is 2.27 bits per heavy atom. The molecule has 176 valence electrons. The van der Waals surface area contributed by atoms with Crippen LogP contribution in [0.5, 0.6) is 11.5 Å². The standard InChI is InChI=1S/C22H20ClF4N3O3/c23-15-2-1-3-17(11-15)33-19-5-4-14(10-18(19)24)20(31)30-12-16(13-30)28-6-8-29(9-7-28)21(32)22(25,26)27/h1-5,10-11,16H,6-9,12-13H2. The quantitative estimate of drug-likeness (QED) is 0.618. The highest BCUT2D eigenvalue weighted by atomic mass is 35.5. The highest BCUT2D eigenvalue weighted by Gasteiger charge is 2.44. The Morgan fingerprint density at radius 2 is 1.67 bits per heavy atom. The van der Waals surface area contributed by atoms with Crippen LogP contribution in [0.3, 0.4) is 0 Å². The van der Waals surface area contributed by atoms with Crippen molar-refractivity contribution in [2.75, 3.05) is 39.3 Å². The van der Waals surface area contributed by atoms with Gasteiger partial charge in [-0.3, -0.25) is 14.5 Å². The summed E-state index contributed by atoms with van der Waals surface area (Å²) in [6.07, 6.45) is -4.87. The van der Waals surface area contributed by atoms with Crippen molar-refractivity contribution in [1.29, 1.82) is 0 Å². The van der Waals surface area contributed by atoms with Gasteiger partial charge in [0, 0.05) is 55.9 Å². The molecule has 0 aromatic heterocycles. The molecule has 2 amide bonds. The molecule has 2 aromatic rings. The fourth-order valence-electron chi connectivity index (χ4n) is 3.88. The average molecular weight is 486 g/mol. The summed E-state index contributed by atoms with van der Waals surface area (Å²) < 4.78 is 57.6. The third-order valence-corrected chi connectivity index (χ3v) is 5.95.